The number of hydrogen-bond donors (Lipinski definition) is 2. The maximum absolute atomic E-state index is 11.8. The normalized spacial score (nSPS) is 13.0. The van der Waals surface area contributed by atoms with Crippen molar-refractivity contribution in [3.05, 3.63) is 29.8 Å². The molecular weight excluding hydrogens is 268 g/mol. The van der Waals surface area contributed by atoms with Crippen LogP contribution in [0.15, 0.2) is 29.2 Å². The number of benzene rings is 1. The summed E-state index contributed by atoms with van der Waals surface area (Å²) in [5.41, 5.74) is 0.401. The van der Waals surface area contributed by atoms with Crippen LogP contribution in [-0.2, 0) is 14.8 Å². The Morgan fingerprint density at radius 3 is 2.37 bits per heavy atom. The molecular formula is C12H18N2O4S. The van der Waals surface area contributed by atoms with Gasteiger partial charge in [-0.2, -0.15) is 0 Å². The minimum Gasteiger partial charge on any atom is -0.383 e. The van der Waals surface area contributed by atoms with Crippen molar-refractivity contribution in [3.8, 4) is 0 Å². The lowest BCUT2D eigenvalue weighted by molar-refractivity contribution is 0.0905. The molecule has 19 heavy (non-hydrogen) atoms. The van der Waals surface area contributed by atoms with Gasteiger partial charge in [-0.05, 0) is 38.2 Å². The molecule has 0 fully saturated rings. The van der Waals surface area contributed by atoms with Crippen molar-refractivity contribution in [1.29, 1.82) is 0 Å². The van der Waals surface area contributed by atoms with Crippen LogP contribution in [0.2, 0.25) is 0 Å². The molecule has 0 saturated heterocycles. The van der Waals surface area contributed by atoms with Crippen molar-refractivity contribution < 1.29 is 17.9 Å². The second-order valence-corrected chi connectivity index (χ2v) is 5.95. The first kappa shape index (κ1) is 15.6. The van der Waals surface area contributed by atoms with Gasteiger partial charge in [-0.1, -0.05) is 0 Å². The smallest absolute Gasteiger partial charge is 0.251 e. The Bertz CT molecular complexity index is 525. The predicted molar refractivity (Wildman–Crippen MR) is 71.5 cm³/mol. The fourth-order valence-electron chi connectivity index (χ4n) is 1.50. The molecule has 106 valence electrons. The van der Waals surface area contributed by atoms with Crippen LogP contribution in [0.25, 0.3) is 0 Å². The fourth-order valence-corrected chi connectivity index (χ4v) is 2.23. The largest absolute Gasteiger partial charge is 0.383 e. The molecule has 0 heterocycles. The van der Waals surface area contributed by atoms with E-state index in [-0.39, 0.29) is 16.8 Å². The van der Waals surface area contributed by atoms with E-state index in [4.69, 9.17) is 4.74 Å². The van der Waals surface area contributed by atoms with Crippen LogP contribution in [0, 0.1) is 0 Å². The van der Waals surface area contributed by atoms with Gasteiger partial charge in [0.25, 0.3) is 5.91 Å². The Morgan fingerprint density at radius 2 is 1.89 bits per heavy atom. The van der Waals surface area contributed by atoms with Crippen molar-refractivity contribution in [2.45, 2.75) is 17.9 Å². The van der Waals surface area contributed by atoms with Crippen LogP contribution in [0.4, 0.5) is 0 Å². The van der Waals surface area contributed by atoms with Crippen molar-refractivity contribution in [1.82, 2.24) is 10.0 Å². The lowest BCUT2D eigenvalue weighted by Gasteiger charge is -2.12. The Kier molecular flexibility index (Phi) is 5.46. The third kappa shape index (κ3) is 4.30. The summed E-state index contributed by atoms with van der Waals surface area (Å²) in [6, 6.07) is 5.61. The highest BCUT2D eigenvalue weighted by Crippen LogP contribution is 2.10. The van der Waals surface area contributed by atoms with Crippen LogP contribution in [-0.4, -0.2) is 41.1 Å². The molecule has 0 aliphatic carbocycles. The maximum Gasteiger partial charge on any atom is 0.251 e. The summed E-state index contributed by atoms with van der Waals surface area (Å²) >= 11 is 0. The van der Waals surface area contributed by atoms with E-state index < -0.39 is 10.0 Å². The van der Waals surface area contributed by atoms with Crippen LogP contribution in [0.3, 0.4) is 0 Å². The number of carbonyl (C=O) groups is 1. The highest BCUT2D eigenvalue weighted by molar-refractivity contribution is 7.89. The Hall–Kier alpha value is -1.44. The standard InChI is InChI=1S/C12H18N2O4S/c1-9(8-18-3)14-12(15)10-4-6-11(7-5-10)19(16,17)13-2/h4-7,9,13H,8H2,1-3H3,(H,14,15)/t9-/m1/s1. The summed E-state index contributed by atoms with van der Waals surface area (Å²) in [7, 11) is -0.583. The summed E-state index contributed by atoms with van der Waals surface area (Å²) < 4.78 is 30.2. The van der Waals surface area contributed by atoms with Gasteiger partial charge in [0.1, 0.15) is 0 Å². The van der Waals surface area contributed by atoms with Gasteiger partial charge in [-0.15, -0.1) is 0 Å². The van der Waals surface area contributed by atoms with Crippen molar-refractivity contribution >= 4 is 15.9 Å². The molecule has 0 spiro atoms. The number of ether oxygens (including phenoxy) is 1. The molecule has 0 unspecified atom stereocenters. The average molecular weight is 286 g/mol. The zero-order chi connectivity index (χ0) is 14.5. The molecule has 1 rings (SSSR count). The summed E-state index contributed by atoms with van der Waals surface area (Å²) in [5, 5.41) is 2.74. The fraction of sp³-hybridized carbons (Fsp3) is 0.417. The third-order valence-electron chi connectivity index (χ3n) is 2.49. The number of rotatable bonds is 6. The van der Waals surface area contributed by atoms with Crippen molar-refractivity contribution in [3.63, 3.8) is 0 Å². The van der Waals surface area contributed by atoms with E-state index in [2.05, 4.69) is 10.0 Å². The molecule has 0 aromatic heterocycles. The van der Waals surface area contributed by atoms with Gasteiger partial charge in [0, 0.05) is 18.7 Å². The molecule has 0 radical (unpaired) electrons. The zero-order valence-corrected chi connectivity index (χ0v) is 12.0. The van der Waals surface area contributed by atoms with E-state index in [9.17, 15) is 13.2 Å². The lowest BCUT2D eigenvalue weighted by atomic mass is 10.2. The molecule has 0 saturated carbocycles. The number of nitrogens with one attached hydrogen (secondary N) is 2. The highest BCUT2D eigenvalue weighted by atomic mass is 32.2. The summed E-state index contributed by atoms with van der Waals surface area (Å²) in [6.07, 6.45) is 0. The Labute approximate surface area is 113 Å². The molecule has 7 heteroatoms. The summed E-state index contributed by atoms with van der Waals surface area (Å²) in [6.45, 7) is 2.24. The molecule has 2 N–H and O–H groups in total. The van der Waals surface area contributed by atoms with Crippen LogP contribution < -0.4 is 10.0 Å². The van der Waals surface area contributed by atoms with Gasteiger partial charge in [0.15, 0.2) is 0 Å². The number of hydrogen-bond acceptors (Lipinski definition) is 4. The second-order valence-electron chi connectivity index (χ2n) is 4.06. The number of methoxy groups -OCH3 is 1. The molecule has 1 aromatic carbocycles. The topological polar surface area (TPSA) is 84.5 Å². The third-order valence-corrected chi connectivity index (χ3v) is 3.92. The van der Waals surface area contributed by atoms with Gasteiger partial charge >= 0.3 is 0 Å². The summed E-state index contributed by atoms with van der Waals surface area (Å²) in [5.74, 6) is -0.266. The van der Waals surface area contributed by atoms with Gasteiger partial charge in [-0.25, -0.2) is 13.1 Å². The lowest BCUT2D eigenvalue weighted by Crippen LogP contribution is -2.35. The molecule has 1 atom stereocenters. The van der Waals surface area contributed by atoms with E-state index in [1.54, 1.807) is 7.11 Å². The van der Waals surface area contributed by atoms with Gasteiger partial charge in [-0.3, -0.25) is 4.79 Å². The van der Waals surface area contributed by atoms with E-state index in [1.165, 1.54) is 31.3 Å². The van der Waals surface area contributed by atoms with Gasteiger partial charge in [0.2, 0.25) is 10.0 Å². The van der Waals surface area contributed by atoms with Crippen LogP contribution >= 0.6 is 0 Å². The van der Waals surface area contributed by atoms with Crippen molar-refractivity contribution in [2.75, 3.05) is 20.8 Å². The quantitative estimate of drug-likeness (QED) is 0.791. The molecule has 0 aliphatic rings. The van der Waals surface area contributed by atoms with Crippen LogP contribution in [0.5, 0.6) is 0 Å². The Balaban J connectivity index is 2.79. The highest BCUT2D eigenvalue weighted by Gasteiger charge is 2.13. The molecule has 1 aromatic rings. The summed E-state index contributed by atoms with van der Waals surface area (Å²) in [4.78, 5) is 12.0. The molecule has 6 nitrogen and oxygen atoms in total. The first-order valence-electron chi connectivity index (χ1n) is 5.74. The number of carbonyl (C=O) groups excluding carboxylic acids is 1. The van der Waals surface area contributed by atoms with E-state index in [0.29, 0.717) is 12.2 Å². The number of sulfonamides is 1. The van der Waals surface area contributed by atoms with E-state index in [1.807, 2.05) is 6.92 Å². The van der Waals surface area contributed by atoms with Crippen LogP contribution in [0.1, 0.15) is 17.3 Å². The molecule has 0 bridgehead atoms. The van der Waals surface area contributed by atoms with Gasteiger partial charge in [0.05, 0.1) is 11.5 Å². The first-order valence-corrected chi connectivity index (χ1v) is 7.22. The first-order chi connectivity index (χ1) is 8.90. The zero-order valence-electron chi connectivity index (χ0n) is 11.1. The predicted octanol–water partition coefficient (Wildman–Crippen LogP) is 0.359. The monoisotopic (exact) mass is 286 g/mol. The minimum absolute atomic E-state index is 0.113. The average Bonchev–Trinajstić information content (AvgIpc) is 2.39. The minimum atomic E-state index is -3.47. The molecule has 0 aliphatic heterocycles. The van der Waals surface area contributed by atoms with Gasteiger partial charge < -0.3 is 10.1 Å². The van der Waals surface area contributed by atoms with E-state index in [0.717, 1.165) is 0 Å². The second kappa shape index (κ2) is 6.65. The SMILES string of the molecule is CNS(=O)(=O)c1ccc(C(=O)N[C@H](C)COC)cc1. The number of amides is 1. The Morgan fingerprint density at radius 1 is 1.32 bits per heavy atom. The molecule has 1 amide bonds. The van der Waals surface area contributed by atoms with Crippen molar-refractivity contribution in [2.24, 2.45) is 0 Å². The van der Waals surface area contributed by atoms with E-state index >= 15 is 0 Å². The maximum atomic E-state index is 11.8.